The fourth-order valence-electron chi connectivity index (χ4n) is 4.75. The van der Waals surface area contributed by atoms with Gasteiger partial charge < -0.3 is 14.4 Å². The van der Waals surface area contributed by atoms with E-state index in [1.807, 2.05) is 24.3 Å². The first kappa shape index (κ1) is 24.1. The van der Waals surface area contributed by atoms with Crippen molar-refractivity contribution in [3.63, 3.8) is 0 Å². The van der Waals surface area contributed by atoms with Gasteiger partial charge in [-0.1, -0.05) is 38.5 Å². The number of carboxylic acid groups (broad SMARTS) is 1. The largest absolute Gasteiger partial charge is 0.497 e. The quantitative estimate of drug-likeness (QED) is 0.371. The Hall–Kier alpha value is -3.08. The topological polar surface area (TPSA) is 68.5 Å². The summed E-state index contributed by atoms with van der Waals surface area (Å²) in [7, 11) is 1.65. The molecule has 0 radical (unpaired) electrons. The van der Waals surface area contributed by atoms with Gasteiger partial charge in [0.25, 0.3) is 0 Å². The molecule has 1 N–H and O–H groups in total. The third-order valence-electron chi connectivity index (χ3n) is 7.25. The normalized spacial score (nSPS) is 14.4. The van der Waals surface area contributed by atoms with Crippen LogP contribution in [-0.4, -0.2) is 28.5 Å². The van der Waals surface area contributed by atoms with Crippen molar-refractivity contribution in [2.24, 2.45) is 11.3 Å². The molecule has 1 aliphatic carbocycles. The second kappa shape index (κ2) is 9.28. The average molecular weight is 462 g/mol. The number of benzene rings is 2. The van der Waals surface area contributed by atoms with Gasteiger partial charge in [-0.15, -0.1) is 0 Å². The average Bonchev–Trinajstić information content (AvgIpc) is 3.04. The van der Waals surface area contributed by atoms with Crippen LogP contribution < -0.4 is 4.74 Å². The van der Waals surface area contributed by atoms with Gasteiger partial charge in [0.2, 0.25) is 0 Å². The molecule has 1 saturated carbocycles. The van der Waals surface area contributed by atoms with E-state index in [0.29, 0.717) is 12.5 Å². The van der Waals surface area contributed by atoms with Crippen LogP contribution in [0.5, 0.6) is 5.75 Å². The van der Waals surface area contributed by atoms with Crippen molar-refractivity contribution in [3.05, 3.63) is 64.8 Å². The van der Waals surface area contributed by atoms with Crippen LogP contribution in [0, 0.1) is 11.3 Å². The molecule has 1 heterocycles. The number of hydrogen-bond donors (Lipinski definition) is 1. The Balaban J connectivity index is 1.97. The first-order chi connectivity index (χ1) is 16.1. The Morgan fingerprint density at radius 3 is 2.47 bits per heavy atom. The highest BCUT2D eigenvalue weighted by Crippen LogP contribution is 2.39. The lowest BCUT2D eigenvalue weighted by Crippen LogP contribution is -2.29. The maximum atomic E-state index is 13.8. The number of nitrogens with zero attached hydrogens (tertiary/aromatic N) is 1. The Kier molecular flexibility index (Phi) is 6.57. The Morgan fingerprint density at radius 2 is 1.88 bits per heavy atom. The highest BCUT2D eigenvalue weighted by atomic mass is 16.5. The van der Waals surface area contributed by atoms with Gasteiger partial charge in [0.1, 0.15) is 5.75 Å². The van der Waals surface area contributed by atoms with Crippen molar-refractivity contribution in [1.29, 1.82) is 0 Å². The number of aromatic nitrogens is 1. The van der Waals surface area contributed by atoms with E-state index in [1.54, 1.807) is 21.0 Å². The molecule has 0 saturated heterocycles. The number of methoxy groups -OCH3 is 1. The fraction of sp³-hybridized carbons (Fsp3) is 0.448. The van der Waals surface area contributed by atoms with Crippen LogP contribution in [-0.2, 0) is 17.8 Å². The predicted molar refractivity (Wildman–Crippen MR) is 135 cm³/mol. The molecule has 34 heavy (non-hydrogen) atoms. The molecule has 1 aromatic heterocycles. The summed E-state index contributed by atoms with van der Waals surface area (Å²) < 4.78 is 7.58. The van der Waals surface area contributed by atoms with Crippen LogP contribution in [0.1, 0.15) is 80.1 Å². The molecule has 1 fully saturated rings. The summed E-state index contributed by atoms with van der Waals surface area (Å²) in [6, 6.07) is 14.3. The number of carbonyl (C=O) groups is 2. The van der Waals surface area contributed by atoms with Gasteiger partial charge in [0.05, 0.1) is 12.5 Å². The van der Waals surface area contributed by atoms with E-state index >= 15 is 0 Å². The number of fused-ring (bicyclic) bond motifs is 1. The second-order valence-corrected chi connectivity index (χ2v) is 10.5. The van der Waals surface area contributed by atoms with Crippen LogP contribution in [0.3, 0.4) is 0 Å². The summed E-state index contributed by atoms with van der Waals surface area (Å²) >= 11 is 0. The summed E-state index contributed by atoms with van der Waals surface area (Å²) in [6.07, 6.45) is 3.18. The summed E-state index contributed by atoms with van der Waals surface area (Å²) in [5.41, 5.74) is 3.74. The summed E-state index contributed by atoms with van der Waals surface area (Å²) in [6.45, 7) is 8.31. The van der Waals surface area contributed by atoms with Gasteiger partial charge >= 0.3 is 5.97 Å². The molecule has 0 unspecified atom stereocenters. The molecule has 0 atom stereocenters. The molecule has 5 nitrogen and oxygen atoms in total. The van der Waals surface area contributed by atoms with E-state index in [1.165, 1.54) is 5.56 Å². The van der Waals surface area contributed by atoms with Crippen molar-refractivity contribution >= 4 is 22.7 Å². The lowest BCUT2D eigenvalue weighted by atomic mass is 9.78. The molecule has 180 valence electrons. The first-order valence-corrected chi connectivity index (χ1v) is 12.2. The SMILES string of the molecule is COc1cccc(Cn2c(CC(C)(C)C(=O)O)c(C(=O)C3CCC3)c3cc(C(C)C)ccc32)c1. The van der Waals surface area contributed by atoms with Crippen molar-refractivity contribution in [2.75, 3.05) is 7.11 Å². The van der Waals surface area contributed by atoms with Crippen LogP contribution in [0.2, 0.25) is 0 Å². The van der Waals surface area contributed by atoms with E-state index < -0.39 is 11.4 Å². The Morgan fingerprint density at radius 1 is 1.15 bits per heavy atom. The minimum Gasteiger partial charge on any atom is -0.497 e. The lowest BCUT2D eigenvalue weighted by molar-refractivity contribution is -0.146. The zero-order valence-corrected chi connectivity index (χ0v) is 20.9. The minimum absolute atomic E-state index is 0.0327. The molecule has 0 amide bonds. The van der Waals surface area contributed by atoms with E-state index in [0.717, 1.165) is 52.7 Å². The summed E-state index contributed by atoms with van der Waals surface area (Å²) in [5, 5.41) is 10.9. The third kappa shape index (κ3) is 4.48. The van der Waals surface area contributed by atoms with Crippen LogP contribution in [0.25, 0.3) is 10.9 Å². The standard InChI is InChI=1S/C29H35NO4/c1-18(2)21-12-13-24-23(15-21)26(27(31)20-9-7-10-20)25(16-29(3,4)28(32)33)30(24)17-19-8-6-11-22(14-19)34-5/h6,8,11-15,18,20H,7,9-10,16-17H2,1-5H3,(H,32,33). The third-order valence-corrected chi connectivity index (χ3v) is 7.25. The summed E-state index contributed by atoms with van der Waals surface area (Å²) in [5.74, 6) is 0.435. The van der Waals surface area contributed by atoms with Gasteiger partial charge in [-0.05, 0) is 68.0 Å². The minimum atomic E-state index is -1.00. The number of carbonyl (C=O) groups excluding carboxylic acids is 1. The molecule has 5 heteroatoms. The fourth-order valence-corrected chi connectivity index (χ4v) is 4.75. The van der Waals surface area contributed by atoms with Crippen molar-refractivity contribution in [3.8, 4) is 5.75 Å². The van der Waals surface area contributed by atoms with Crippen LogP contribution >= 0.6 is 0 Å². The number of ketones is 1. The van der Waals surface area contributed by atoms with Crippen molar-refractivity contribution in [2.45, 2.75) is 65.8 Å². The lowest BCUT2D eigenvalue weighted by Gasteiger charge is -2.26. The molecule has 0 aliphatic heterocycles. The number of hydrogen-bond acceptors (Lipinski definition) is 3. The van der Waals surface area contributed by atoms with E-state index in [2.05, 4.69) is 36.6 Å². The molecule has 1 aliphatic rings. The smallest absolute Gasteiger partial charge is 0.309 e. The van der Waals surface area contributed by atoms with Crippen LogP contribution in [0.15, 0.2) is 42.5 Å². The number of Topliss-reactive ketones (excluding diaryl/α,β-unsaturated/α-hetero) is 1. The Labute approximate surface area is 201 Å². The number of rotatable bonds is 9. The molecule has 4 rings (SSSR count). The monoisotopic (exact) mass is 461 g/mol. The molecular weight excluding hydrogens is 426 g/mol. The maximum absolute atomic E-state index is 13.8. The number of aliphatic carboxylic acids is 1. The zero-order valence-electron chi connectivity index (χ0n) is 20.9. The highest BCUT2D eigenvalue weighted by molar-refractivity contribution is 6.11. The summed E-state index contributed by atoms with van der Waals surface area (Å²) in [4.78, 5) is 25.9. The first-order valence-electron chi connectivity index (χ1n) is 12.2. The van der Waals surface area contributed by atoms with Gasteiger partial charge in [0.15, 0.2) is 5.78 Å². The molecule has 0 spiro atoms. The second-order valence-electron chi connectivity index (χ2n) is 10.5. The van der Waals surface area contributed by atoms with Crippen LogP contribution in [0.4, 0.5) is 0 Å². The van der Waals surface area contributed by atoms with E-state index in [4.69, 9.17) is 4.74 Å². The highest BCUT2D eigenvalue weighted by Gasteiger charge is 2.36. The predicted octanol–water partition coefficient (Wildman–Crippen LogP) is 6.46. The van der Waals surface area contributed by atoms with E-state index in [-0.39, 0.29) is 18.1 Å². The van der Waals surface area contributed by atoms with Gasteiger partial charge in [-0.25, -0.2) is 0 Å². The maximum Gasteiger partial charge on any atom is 0.309 e. The van der Waals surface area contributed by atoms with E-state index in [9.17, 15) is 14.7 Å². The van der Waals surface area contributed by atoms with Gasteiger partial charge in [0, 0.05) is 41.0 Å². The molecule has 3 aromatic rings. The molecular formula is C29H35NO4. The zero-order chi connectivity index (χ0) is 24.6. The molecule has 2 aromatic carbocycles. The van der Waals surface area contributed by atoms with Gasteiger partial charge in [-0.2, -0.15) is 0 Å². The number of ether oxygens (including phenoxy) is 1. The Bertz CT molecular complexity index is 1230. The van der Waals surface area contributed by atoms with Crippen molar-refractivity contribution < 1.29 is 19.4 Å². The molecule has 0 bridgehead atoms. The van der Waals surface area contributed by atoms with Gasteiger partial charge in [-0.3, -0.25) is 9.59 Å². The number of carboxylic acids is 1. The van der Waals surface area contributed by atoms with Crippen molar-refractivity contribution in [1.82, 2.24) is 4.57 Å².